The highest BCUT2D eigenvalue weighted by molar-refractivity contribution is 5.96. The molecule has 0 saturated heterocycles. The van der Waals surface area contributed by atoms with Crippen LogP contribution in [0.25, 0.3) is 0 Å². The Morgan fingerprint density at radius 1 is 1.33 bits per heavy atom. The zero-order valence-corrected chi connectivity index (χ0v) is 13.0. The van der Waals surface area contributed by atoms with Crippen molar-refractivity contribution in [2.45, 2.75) is 46.1 Å². The molecule has 6 heteroatoms. The van der Waals surface area contributed by atoms with Crippen LogP contribution in [0.3, 0.4) is 0 Å². The SMILES string of the molecule is CCCNc1ccc(C(=O)NC(C)(C)CC)cc1[N+](=O)[O-]. The van der Waals surface area contributed by atoms with E-state index in [1.165, 1.54) is 6.07 Å². The Morgan fingerprint density at radius 2 is 2.00 bits per heavy atom. The van der Waals surface area contributed by atoms with Gasteiger partial charge in [0, 0.05) is 23.7 Å². The van der Waals surface area contributed by atoms with Gasteiger partial charge in [-0.2, -0.15) is 0 Å². The second kappa shape index (κ2) is 7.06. The third-order valence-corrected chi connectivity index (χ3v) is 3.36. The van der Waals surface area contributed by atoms with Crippen molar-refractivity contribution in [1.29, 1.82) is 0 Å². The normalized spacial score (nSPS) is 11.0. The molecule has 0 radical (unpaired) electrons. The van der Waals surface area contributed by atoms with E-state index in [2.05, 4.69) is 10.6 Å². The van der Waals surface area contributed by atoms with E-state index in [1.807, 2.05) is 27.7 Å². The summed E-state index contributed by atoms with van der Waals surface area (Å²) in [5, 5.41) is 17.0. The minimum atomic E-state index is -0.472. The standard InChI is InChI=1S/C15H23N3O3/c1-5-9-16-12-8-7-11(10-13(12)18(20)21)14(19)17-15(3,4)6-2/h7-8,10,16H,5-6,9H2,1-4H3,(H,17,19). The van der Waals surface area contributed by atoms with Crippen molar-refractivity contribution in [3.05, 3.63) is 33.9 Å². The number of nitro groups is 1. The predicted molar refractivity (Wildman–Crippen MR) is 83.7 cm³/mol. The monoisotopic (exact) mass is 293 g/mol. The maximum absolute atomic E-state index is 12.2. The summed E-state index contributed by atoms with van der Waals surface area (Å²) in [7, 11) is 0. The van der Waals surface area contributed by atoms with Crippen LogP contribution in [0.5, 0.6) is 0 Å². The fourth-order valence-corrected chi connectivity index (χ4v) is 1.70. The predicted octanol–water partition coefficient (Wildman–Crippen LogP) is 3.34. The number of hydrogen-bond donors (Lipinski definition) is 2. The number of amides is 1. The molecule has 0 aliphatic carbocycles. The molecule has 0 heterocycles. The van der Waals surface area contributed by atoms with E-state index < -0.39 is 4.92 Å². The number of nitrogens with one attached hydrogen (secondary N) is 2. The molecule has 1 rings (SSSR count). The van der Waals surface area contributed by atoms with Gasteiger partial charge >= 0.3 is 0 Å². The van der Waals surface area contributed by atoms with Gasteiger partial charge in [-0.15, -0.1) is 0 Å². The van der Waals surface area contributed by atoms with Gasteiger partial charge in [-0.1, -0.05) is 13.8 Å². The third kappa shape index (κ3) is 4.73. The molecular formula is C15H23N3O3. The van der Waals surface area contributed by atoms with Gasteiger partial charge < -0.3 is 10.6 Å². The first kappa shape index (κ1) is 16.9. The van der Waals surface area contributed by atoms with Crippen molar-refractivity contribution in [1.82, 2.24) is 5.32 Å². The van der Waals surface area contributed by atoms with Crippen molar-refractivity contribution in [2.24, 2.45) is 0 Å². The number of carbonyl (C=O) groups is 1. The van der Waals surface area contributed by atoms with Crippen molar-refractivity contribution < 1.29 is 9.72 Å². The van der Waals surface area contributed by atoms with Crippen LogP contribution >= 0.6 is 0 Å². The van der Waals surface area contributed by atoms with Gasteiger partial charge in [0.05, 0.1) is 4.92 Å². The Bertz CT molecular complexity index is 527. The molecule has 0 fully saturated rings. The van der Waals surface area contributed by atoms with E-state index in [1.54, 1.807) is 12.1 Å². The Labute approximate surface area is 125 Å². The molecule has 0 atom stereocenters. The maximum atomic E-state index is 12.2. The van der Waals surface area contributed by atoms with Gasteiger partial charge in [-0.3, -0.25) is 14.9 Å². The van der Waals surface area contributed by atoms with Crippen LogP contribution in [0.1, 0.15) is 50.9 Å². The minimum absolute atomic E-state index is 0.0783. The molecule has 0 aliphatic rings. The summed E-state index contributed by atoms with van der Waals surface area (Å²) in [4.78, 5) is 22.8. The summed E-state index contributed by atoms with van der Waals surface area (Å²) in [6.07, 6.45) is 1.64. The summed E-state index contributed by atoms with van der Waals surface area (Å²) < 4.78 is 0. The first-order valence-corrected chi connectivity index (χ1v) is 7.15. The lowest BCUT2D eigenvalue weighted by atomic mass is 10.0. The van der Waals surface area contributed by atoms with Gasteiger partial charge in [0.1, 0.15) is 5.69 Å². The zero-order chi connectivity index (χ0) is 16.0. The largest absolute Gasteiger partial charge is 0.380 e. The van der Waals surface area contributed by atoms with Crippen molar-refractivity contribution in [3.63, 3.8) is 0 Å². The van der Waals surface area contributed by atoms with Crippen LogP contribution < -0.4 is 10.6 Å². The molecule has 0 unspecified atom stereocenters. The Morgan fingerprint density at radius 3 is 2.52 bits per heavy atom. The average Bonchev–Trinajstić information content (AvgIpc) is 2.44. The van der Waals surface area contributed by atoms with E-state index in [-0.39, 0.29) is 17.1 Å². The smallest absolute Gasteiger partial charge is 0.293 e. The highest BCUT2D eigenvalue weighted by Gasteiger charge is 2.22. The van der Waals surface area contributed by atoms with Crippen molar-refractivity contribution in [2.75, 3.05) is 11.9 Å². The highest BCUT2D eigenvalue weighted by atomic mass is 16.6. The number of hydrogen-bond acceptors (Lipinski definition) is 4. The number of carbonyl (C=O) groups excluding carboxylic acids is 1. The second-order valence-corrected chi connectivity index (χ2v) is 5.61. The number of nitro benzene ring substituents is 1. The molecular weight excluding hydrogens is 270 g/mol. The summed E-state index contributed by atoms with van der Waals surface area (Å²) in [6.45, 7) is 8.43. The van der Waals surface area contributed by atoms with Crippen molar-refractivity contribution in [3.8, 4) is 0 Å². The Kier molecular flexibility index (Phi) is 5.69. The van der Waals surface area contributed by atoms with Crippen LogP contribution in [-0.2, 0) is 0 Å². The lowest BCUT2D eigenvalue weighted by molar-refractivity contribution is -0.384. The molecule has 1 amide bonds. The summed E-state index contributed by atoms with van der Waals surface area (Å²) in [5.74, 6) is -0.299. The van der Waals surface area contributed by atoms with E-state index >= 15 is 0 Å². The highest BCUT2D eigenvalue weighted by Crippen LogP contribution is 2.26. The number of anilines is 1. The fourth-order valence-electron chi connectivity index (χ4n) is 1.70. The van der Waals surface area contributed by atoms with E-state index in [9.17, 15) is 14.9 Å². The number of benzene rings is 1. The molecule has 0 aliphatic heterocycles. The minimum Gasteiger partial charge on any atom is -0.380 e. The lowest BCUT2D eigenvalue weighted by Crippen LogP contribution is -2.42. The topological polar surface area (TPSA) is 84.3 Å². The van der Waals surface area contributed by atoms with Crippen LogP contribution in [-0.4, -0.2) is 22.9 Å². The molecule has 0 aromatic heterocycles. The quantitative estimate of drug-likeness (QED) is 0.596. The molecule has 1 aromatic carbocycles. The first-order valence-electron chi connectivity index (χ1n) is 7.15. The summed E-state index contributed by atoms with van der Waals surface area (Å²) in [5.41, 5.74) is 0.314. The second-order valence-electron chi connectivity index (χ2n) is 5.61. The van der Waals surface area contributed by atoms with Crippen LogP contribution in [0.4, 0.5) is 11.4 Å². The fraction of sp³-hybridized carbons (Fsp3) is 0.533. The molecule has 1 aromatic rings. The zero-order valence-electron chi connectivity index (χ0n) is 13.0. The van der Waals surface area contributed by atoms with Crippen LogP contribution in [0.2, 0.25) is 0 Å². The molecule has 2 N–H and O–H groups in total. The summed E-state index contributed by atoms with van der Waals surface area (Å²) >= 11 is 0. The van der Waals surface area contributed by atoms with E-state index in [0.29, 0.717) is 17.8 Å². The van der Waals surface area contributed by atoms with Gasteiger partial charge in [0.2, 0.25) is 0 Å². The molecule has 0 bridgehead atoms. The Balaban J connectivity index is 3.02. The molecule has 21 heavy (non-hydrogen) atoms. The number of rotatable bonds is 7. The number of nitrogens with zero attached hydrogens (tertiary/aromatic N) is 1. The molecule has 0 spiro atoms. The van der Waals surface area contributed by atoms with E-state index in [4.69, 9.17) is 0 Å². The lowest BCUT2D eigenvalue weighted by Gasteiger charge is -2.24. The van der Waals surface area contributed by atoms with Gasteiger partial charge in [-0.05, 0) is 38.8 Å². The summed E-state index contributed by atoms with van der Waals surface area (Å²) in [6, 6.07) is 4.51. The van der Waals surface area contributed by atoms with E-state index in [0.717, 1.165) is 12.8 Å². The molecule has 6 nitrogen and oxygen atoms in total. The average molecular weight is 293 g/mol. The first-order chi connectivity index (χ1) is 9.80. The molecule has 116 valence electrons. The van der Waals surface area contributed by atoms with Crippen LogP contribution in [0, 0.1) is 10.1 Å². The van der Waals surface area contributed by atoms with Gasteiger partial charge in [-0.25, -0.2) is 0 Å². The van der Waals surface area contributed by atoms with Gasteiger partial charge in [0.25, 0.3) is 11.6 Å². The maximum Gasteiger partial charge on any atom is 0.293 e. The van der Waals surface area contributed by atoms with Crippen molar-refractivity contribution >= 4 is 17.3 Å². The van der Waals surface area contributed by atoms with Crippen LogP contribution in [0.15, 0.2) is 18.2 Å². The Hall–Kier alpha value is -2.11. The molecule has 0 saturated carbocycles. The third-order valence-electron chi connectivity index (χ3n) is 3.36. The van der Waals surface area contributed by atoms with Gasteiger partial charge in [0.15, 0.2) is 0 Å².